The Kier molecular flexibility index (Phi) is 3.83. The van der Waals surface area contributed by atoms with Crippen molar-refractivity contribution in [3.05, 3.63) is 18.2 Å². The Morgan fingerprint density at radius 2 is 2.29 bits per heavy atom. The molecule has 3 atom stereocenters. The smallest absolute Gasteiger partial charge is 0.0951 e. The summed E-state index contributed by atoms with van der Waals surface area (Å²) in [6, 6.07) is 0.148. The van der Waals surface area contributed by atoms with Gasteiger partial charge >= 0.3 is 0 Å². The summed E-state index contributed by atoms with van der Waals surface area (Å²) >= 11 is 0. The third-order valence-electron chi connectivity index (χ3n) is 2.11. The van der Waals surface area contributed by atoms with Crippen molar-refractivity contribution in [2.45, 2.75) is 25.9 Å². The number of rotatable bonds is 4. The standard InChI is InChI=1S/C9H17N3OS/c1-7(5-14(3)13)12-6-11-4-9(12)8(2)10/h4,6-8H,5,10H2,1-3H3. The van der Waals surface area contributed by atoms with E-state index in [1.54, 1.807) is 18.8 Å². The minimum absolute atomic E-state index is 0.0368. The molecule has 14 heavy (non-hydrogen) atoms. The van der Waals surface area contributed by atoms with Crippen LogP contribution in [0.3, 0.4) is 0 Å². The zero-order chi connectivity index (χ0) is 10.7. The van der Waals surface area contributed by atoms with Gasteiger partial charge in [0.1, 0.15) is 0 Å². The Hall–Kier alpha value is -0.680. The molecular formula is C9H17N3OS. The van der Waals surface area contributed by atoms with Crippen LogP contribution < -0.4 is 5.73 Å². The fraction of sp³-hybridized carbons (Fsp3) is 0.667. The summed E-state index contributed by atoms with van der Waals surface area (Å²) in [7, 11) is -0.791. The summed E-state index contributed by atoms with van der Waals surface area (Å²) in [5.74, 6) is 0.635. The molecule has 4 nitrogen and oxygen atoms in total. The molecule has 0 aromatic carbocycles. The molecule has 0 bridgehead atoms. The maximum atomic E-state index is 11.1. The Morgan fingerprint density at radius 3 is 2.79 bits per heavy atom. The largest absolute Gasteiger partial charge is 0.329 e. The van der Waals surface area contributed by atoms with Gasteiger partial charge < -0.3 is 10.3 Å². The predicted molar refractivity (Wildman–Crippen MR) is 58.5 cm³/mol. The second-order valence-corrected chi connectivity index (χ2v) is 5.08. The highest BCUT2D eigenvalue weighted by atomic mass is 32.2. The topological polar surface area (TPSA) is 60.9 Å². The zero-order valence-corrected chi connectivity index (χ0v) is 9.62. The van der Waals surface area contributed by atoms with Crippen molar-refractivity contribution in [1.82, 2.24) is 9.55 Å². The first kappa shape index (κ1) is 11.4. The fourth-order valence-electron chi connectivity index (χ4n) is 1.46. The summed E-state index contributed by atoms with van der Waals surface area (Å²) in [5.41, 5.74) is 6.78. The van der Waals surface area contributed by atoms with Crippen LogP contribution in [0, 0.1) is 0 Å². The summed E-state index contributed by atoms with van der Waals surface area (Å²) in [5, 5.41) is 0. The molecule has 0 radical (unpaired) electrons. The van der Waals surface area contributed by atoms with Gasteiger partial charge in [-0.1, -0.05) is 0 Å². The Morgan fingerprint density at radius 1 is 1.64 bits per heavy atom. The van der Waals surface area contributed by atoms with Gasteiger partial charge in [-0.25, -0.2) is 4.98 Å². The summed E-state index contributed by atoms with van der Waals surface area (Å²) in [6.45, 7) is 3.94. The fourth-order valence-corrected chi connectivity index (χ4v) is 2.30. The van der Waals surface area contributed by atoms with E-state index >= 15 is 0 Å². The van der Waals surface area contributed by atoms with Gasteiger partial charge in [-0.15, -0.1) is 0 Å². The van der Waals surface area contributed by atoms with Crippen LogP contribution in [0.1, 0.15) is 31.6 Å². The van der Waals surface area contributed by atoms with E-state index in [-0.39, 0.29) is 12.1 Å². The highest BCUT2D eigenvalue weighted by Crippen LogP contribution is 2.15. The van der Waals surface area contributed by atoms with E-state index in [1.807, 2.05) is 18.4 Å². The average Bonchev–Trinajstić information content (AvgIpc) is 2.49. The molecule has 1 rings (SSSR count). The maximum absolute atomic E-state index is 11.1. The molecule has 1 aromatic rings. The lowest BCUT2D eigenvalue weighted by Crippen LogP contribution is -2.18. The average molecular weight is 215 g/mol. The van der Waals surface area contributed by atoms with Crippen molar-refractivity contribution in [3.8, 4) is 0 Å². The third kappa shape index (κ3) is 2.65. The molecule has 5 heteroatoms. The van der Waals surface area contributed by atoms with E-state index in [4.69, 9.17) is 5.73 Å². The first-order chi connectivity index (χ1) is 6.52. The Bertz CT molecular complexity index is 322. The van der Waals surface area contributed by atoms with Crippen LogP contribution in [0.2, 0.25) is 0 Å². The van der Waals surface area contributed by atoms with Crippen molar-refractivity contribution >= 4 is 10.8 Å². The first-order valence-corrected chi connectivity index (χ1v) is 6.32. The molecule has 1 aromatic heterocycles. The number of nitrogens with zero attached hydrogens (tertiary/aromatic N) is 2. The lowest BCUT2D eigenvalue weighted by molar-refractivity contribution is 0.554. The van der Waals surface area contributed by atoms with Crippen molar-refractivity contribution in [1.29, 1.82) is 0 Å². The molecule has 80 valence electrons. The number of aromatic nitrogens is 2. The molecule has 0 aliphatic heterocycles. The summed E-state index contributed by atoms with van der Waals surface area (Å²) < 4.78 is 13.1. The van der Waals surface area contributed by atoms with Crippen molar-refractivity contribution in [3.63, 3.8) is 0 Å². The van der Waals surface area contributed by atoms with Gasteiger partial charge in [0.2, 0.25) is 0 Å². The van der Waals surface area contributed by atoms with E-state index in [0.29, 0.717) is 5.75 Å². The second kappa shape index (κ2) is 4.70. The number of nitrogens with two attached hydrogens (primary N) is 1. The quantitative estimate of drug-likeness (QED) is 0.809. The van der Waals surface area contributed by atoms with Gasteiger partial charge in [0.25, 0.3) is 0 Å². The minimum atomic E-state index is -0.791. The monoisotopic (exact) mass is 215 g/mol. The van der Waals surface area contributed by atoms with Crippen LogP contribution in [0.15, 0.2) is 12.5 Å². The normalized spacial score (nSPS) is 17.7. The molecule has 0 saturated carbocycles. The van der Waals surface area contributed by atoms with Crippen LogP contribution in [0.5, 0.6) is 0 Å². The molecular weight excluding hydrogens is 198 g/mol. The lowest BCUT2D eigenvalue weighted by Gasteiger charge is -2.16. The zero-order valence-electron chi connectivity index (χ0n) is 8.80. The van der Waals surface area contributed by atoms with Crippen LogP contribution in [-0.4, -0.2) is 25.8 Å². The molecule has 0 aliphatic carbocycles. The molecule has 1 heterocycles. The van der Waals surface area contributed by atoms with Crippen molar-refractivity contribution in [2.24, 2.45) is 5.73 Å². The lowest BCUT2D eigenvalue weighted by atomic mass is 10.2. The SMILES string of the molecule is CC(N)c1cncn1C(C)CS(C)=O. The highest BCUT2D eigenvalue weighted by molar-refractivity contribution is 7.84. The van der Waals surface area contributed by atoms with Crippen molar-refractivity contribution < 1.29 is 4.21 Å². The van der Waals surface area contributed by atoms with Crippen LogP contribution >= 0.6 is 0 Å². The Labute approximate surface area is 87.0 Å². The number of hydrogen-bond donors (Lipinski definition) is 1. The van der Waals surface area contributed by atoms with Crippen LogP contribution in [-0.2, 0) is 10.8 Å². The maximum Gasteiger partial charge on any atom is 0.0951 e. The summed E-state index contributed by atoms with van der Waals surface area (Å²) in [6.07, 6.45) is 5.22. The summed E-state index contributed by atoms with van der Waals surface area (Å²) in [4.78, 5) is 4.06. The molecule has 0 saturated heterocycles. The molecule has 0 fully saturated rings. The highest BCUT2D eigenvalue weighted by Gasteiger charge is 2.12. The van der Waals surface area contributed by atoms with Gasteiger partial charge in [0.15, 0.2) is 0 Å². The van der Waals surface area contributed by atoms with E-state index in [0.717, 1.165) is 5.69 Å². The second-order valence-electron chi connectivity index (χ2n) is 3.60. The van der Waals surface area contributed by atoms with E-state index in [2.05, 4.69) is 4.98 Å². The van der Waals surface area contributed by atoms with Gasteiger partial charge in [-0.3, -0.25) is 4.21 Å². The molecule has 0 amide bonds. The predicted octanol–water partition coefficient (Wildman–Crippen LogP) is 0.842. The number of hydrogen-bond acceptors (Lipinski definition) is 3. The van der Waals surface area contributed by atoms with Gasteiger partial charge in [-0.05, 0) is 13.8 Å². The van der Waals surface area contributed by atoms with E-state index in [9.17, 15) is 4.21 Å². The van der Waals surface area contributed by atoms with Crippen LogP contribution in [0.4, 0.5) is 0 Å². The van der Waals surface area contributed by atoms with Gasteiger partial charge in [0.05, 0.1) is 12.0 Å². The van der Waals surface area contributed by atoms with Gasteiger partial charge in [-0.2, -0.15) is 0 Å². The molecule has 0 aliphatic rings. The van der Waals surface area contributed by atoms with Crippen molar-refractivity contribution in [2.75, 3.05) is 12.0 Å². The number of imidazole rings is 1. The molecule has 0 spiro atoms. The first-order valence-electron chi connectivity index (χ1n) is 4.59. The molecule has 3 unspecified atom stereocenters. The van der Waals surface area contributed by atoms with Gasteiger partial charge in [0, 0.05) is 41.1 Å². The molecule has 2 N–H and O–H groups in total. The Balaban J connectivity index is 2.83. The van der Waals surface area contributed by atoms with E-state index < -0.39 is 10.8 Å². The van der Waals surface area contributed by atoms with Crippen LogP contribution in [0.25, 0.3) is 0 Å². The van der Waals surface area contributed by atoms with E-state index in [1.165, 1.54) is 0 Å². The minimum Gasteiger partial charge on any atom is -0.329 e. The third-order valence-corrected chi connectivity index (χ3v) is 3.07.